The molecule has 1 aromatic carbocycles. The predicted molar refractivity (Wildman–Crippen MR) is 67.8 cm³/mol. The minimum atomic E-state index is -1.03. The van der Waals surface area contributed by atoms with E-state index in [1.807, 2.05) is 26.0 Å². The van der Waals surface area contributed by atoms with Crippen molar-refractivity contribution >= 4 is 0 Å². The third-order valence-corrected chi connectivity index (χ3v) is 3.45. The van der Waals surface area contributed by atoms with Gasteiger partial charge in [-0.25, -0.2) is 4.98 Å². The fourth-order valence-electron chi connectivity index (χ4n) is 2.18. The molecule has 1 heterocycles. The molecule has 3 heteroatoms. The first kappa shape index (κ1) is 11.9. The zero-order valence-electron chi connectivity index (χ0n) is 10.5. The van der Waals surface area contributed by atoms with Gasteiger partial charge in [-0.2, -0.15) is 0 Å². The summed E-state index contributed by atoms with van der Waals surface area (Å²) in [6.45, 7) is 6.05. The Labute approximate surface area is 102 Å². The van der Waals surface area contributed by atoms with Crippen molar-refractivity contribution in [3.05, 3.63) is 53.1 Å². The molecule has 0 aliphatic heterocycles. The van der Waals surface area contributed by atoms with E-state index in [4.69, 9.17) is 0 Å². The van der Waals surface area contributed by atoms with E-state index in [1.165, 1.54) is 5.56 Å². The van der Waals surface area contributed by atoms with E-state index in [2.05, 4.69) is 23.0 Å². The van der Waals surface area contributed by atoms with Crippen LogP contribution in [-0.4, -0.2) is 15.1 Å². The molecular formula is C14H18N2O. The lowest BCUT2D eigenvalue weighted by Gasteiger charge is -2.27. The van der Waals surface area contributed by atoms with Crippen LogP contribution < -0.4 is 0 Å². The van der Waals surface area contributed by atoms with E-state index in [9.17, 15) is 5.11 Å². The molecule has 17 heavy (non-hydrogen) atoms. The monoisotopic (exact) mass is 230 g/mol. The normalized spacial score (nSPS) is 14.6. The largest absolute Gasteiger partial charge is 0.377 e. The summed E-state index contributed by atoms with van der Waals surface area (Å²) >= 11 is 0. The lowest BCUT2D eigenvalue weighted by Crippen LogP contribution is -2.29. The Morgan fingerprint density at radius 2 is 2.12 bits per heavy atom. The summed E-state index contributed by atoms with van der Waals surface area (Å²) in [5.41, 5.74) is 2.20. The van der Waals surface area contributed by atoms with Crippen LogP contribution in [0.15, 0.2) is 30.6 Å². The molecule has 0 radical (unpaired) electrons. The minimum Gasteiger partial charge on any atom is -0.377 e. The van der Waals surface area contributed by atoms with Crippen molar-refractivity contribution in [3.8, 4) is 0 Å². The molecule has 0 amide bonds. The van der Waals surface area contributed by atoms with Gasteiger partial charge in [-0.3, -0.25) is 0 Å². The van der Waals surface area contributed by atoms with Gasteiger partial charge < -0.3 is 10.1 Å². The van der Waals surface area contributed by atoms with Gasteiger partial charge in [0.2, 0.25) is 0 Å². The van der Waals surface area contributed by atoms with Gasteiger partial charge in [0.15, 0.2) is 0 Å². The van der Waals surface area contributed by atoms with Crippen molar-refractivity contribution in [2.45, 2.75) is 32.8 Å². The van der Waals surface area contributed by atoms with Gasteiger partial charge in [0, 0.05) is 12.4 Å². The maximum absolute atomic E-state index is 10.9. The first-order valence-electron chi connectivity index (χ1n) is 5.88. The molecule has 1 unspecified atom stereocenters. The topological polar surface area (TPSA) is 48.9 Å². The van der Waals surface area contributed by atoms with E-state index >= 15 is 0 Å². The zero-order valence-corrected chi connectivity index (χ0v) is 10.5. The molecule has 90 valence electrons. The Morgan fingerprint density at radius 1 is 1.35 bits per heavy atom. The number of imidazole rings is 1. The lowest BCUT2D eigenvalue weighted by molar-refractivity contribution is 0.0671. The number of aryl methyl sites for hydroxylation is 1. The van der Waals surface area contributed by atoms with E-state index in [0.717, 1.165) is 11.1 Å². The SMILES string of the molecule is CCC(O)(c1ncc[nH]1)c1cccc(C)c1C. The van der Waals surface area contributed by atoms with Gasteiger partial charge >= 0.3 is 0 Å². The van der Waals surface area contributed by atoms with Crippen LogP contribution in [0.2, 0.25) is 0 Å². The van der Waals surface area contributed by atoms with Crippen molar-refractivity contribution in [1.29, 1.82) is 0 Å². The second-order valence-electron chi connectivity index (χ2n) is 4.40. The molecule has 0 saturated heterocycles. The molecule has 0 aliphatic carbocycles. The Balaban J connectivity index is 2.60. The minimum absolute atomic E-state index is 0.588. The smallest absolute Gasteiger partial charge is 0.147 e. The number of aliphatic hydroxyl groups is 1. The highest BCUT2D eigenvalue weighted by atomic mass is 16.3. The number of nitrogens with one attached hydrogen (secondary N) is 1. The second kappa shape index (κ2) is 4.34. The number of aromatic nitrogens is 2. The number of aromatic amines is 1. The number of nitrogens with zero attached hydrogens (tertiary/aromatic N) is 1. The van der Waals surface area contributed by atoms with Gasteiger partial charge in [0.05, 0.1) is 0 Å². The molecule has 1 atom stereocenters. The van der Waals surface area contributed by atoms with E-state index in [1.54, 1.807) is 12.4 Å². The van der Waals surface area contributed by atoms with E-state index in [0.29, 0.717) is 12.2 Å². The summed E-state index contributed by atoms with van der Waals surface area (Å²) < 4.78 is 0. The average molecular weight is 230 g/mol. The van der Waals surface area contributed by atoms with Crippen LogP contribution in [0, 0.1) is 13.8 Å². The molecular weight excluding hydrogens is 212 g/mol. The van der Waals surface area contributed by atoms with Crippen LogP contribution in [0.3, 0.4) is 0 Å². The fraction of sp³-hybridized carbons (Fsp3) is 0.357. The number of H-pyrrole nitrogens is 1. The third-order valence-electron chi connectivity index (χ3n) is 3.45. The van der Waals surface area contributed by atoms with Crippen molar-refractivity contribution < 1.29 is 5.11 Å². The van der Waals surface area contributed by atoms with Gasteiger partial charge in [-0.05, 0) is 37.0 Å². The summed E-state index contributed by atoms with van der Waals surface area (Å²) in [7, 11) is 0. The molecule has 0 fully saturated rings. The molecule has 0 bridgehead atoms. The Kier molecular flexibility index (Phi) is 3.03. The van der Waals surface area contributed by atoms with Crippen molar-refractivity contribution in [3.63, 3.8) is 0 Å². The number of hydrogen-bond donors (Lipinski definition) is 2. The summed E-state index contributed by atoms with van der Waals surface area (Å²) in [6.07, 6.45) is 3.99. The van der Waals surface area contributed by atoms with Crippen LogP contribution in [0.5, 0.6) is 0 Å². The van der Waals surface area contributed by atoms with Gasteiger partial charge in [0.1, 0.15) is 11.4 Å². The zero-order chi connectivity index (χ0) is 12.5. The maximum atomic E-state index is 10.9. The second-order valence-corrected chi connectivity index (χ2v) is 4.40. The number of benzene rings is 1. The van der Waals surface area contributed by atoms with E-state index < -0.39 is 5.60 Å². The standard InChI is InChI=1S/C14H18N2O/c1-4-14(17,13-15-8-9-16-13)12-7-5-6-10(2)11(12)3/h5-9,17H,4H2,1-3H3,(H,15,16). The molecule has 2 rings (SSSR count). The van der Waals surface area contributed by atoms with Gasteiger partial charge in [-0.1, -0.05) is 25.1 Å². The van der Waals surface area contributed by atoms with Crippen LogP contribution >= 0.6 is 0 Å². The van der Waals surface area contributed by atoms with Crippen molar-refractivity contribution in [2.75, 3.05) is 0 Å². The first-order chi connectivity index (χ1) is 8.09. The highest BCUT2D eigenvalue weighted by Crippen LogP contribution is 2.33. The van der Waals surface area contributed by atoms with Crippen LogP contribution in [0.4, 0.5) is 0 Å². The highest BCUT2D eigenvalue weighted by Gasteiger charge is 2.33. The molecule has 1 aromatic heterocycles. The average Bonchev–Trinajstić information content (AvgIpc) is 2.86. The van der Waals surface area contributed by atoms with Crippen LogP contribution in [0.1, 0.15) is 35.9 Å². The summed E-state index contributed by atoms with van der Waals surface area (Å²) in [5, 5.41) is 10.9. The van der Waals surface area contributed by atoms with Crippen molar-refractivity contribution in [1.82, 2.24) is 9.97 Å². The van der Waals surface area contributed by atoms with Gasteiger partial charge in [0.25, 0.3) is 0 Å². The number of rotatable bonds is 3. The molecule has 0 aliphatic rings. The van der Waals surface area contributed by atoms with E-state index in [-0.39, 0.29) is 0 Å². The van der Waals surface area contributed by atoms with Gasteiger partial charge in [-0.15, -0.1) is 0 Å². The lowest BCUT2D eigenvalue weighted by atomic mass is 9.85. The summed E-state index contributed by atoms with van der Waals surface area (Å²) in [4.78, 5) is 7.21. The summed E-state index contributed by atoms with van der Waals surface area (Å²) in [6, 6.07) is 5.99. The third kappa shape index (κ3) is 1.87. The van der Waals surface area contributed by atoms with Crippen LogP contribution in [0.25, 0.3) is 0 Å². The van der Waals surface area contributed by atoms with Crippen molar-refractivity contribution in [2.24, 2.45) is 0 Å². The highest BCUT2D eigenvalue weighted by molar-refractivity contribution is 5.40. The maximum Gasteiger partial charge on any atom is 0.147 e. The molecule has 3 nitrogen and oxygen atoms in total. The molecule has 0 saturated carbocycles. The fourth-order valence-corrected chi connectivity index (χ4v) is 2.18. The first-order valence-corrected chi connectivity index (χ1v) is 5.88. The molecule has 2 N–H and O–H groups in total. The summed E-state index contributed by atoms with van der Waals surface area (Å²) in [5.74, 6) is 0.605. The quantitative estimate of drug-likeness (QED) is 0.851. The Bertz CT molecular complexity index is 505. The Morgan fingerprint density at radius 3 is 2.71 bits per heavy atom. The Hall–Kier alpha value is -1.61. The number of hydrogen-bond acceptors (Lipinski definition) is 2. The predicted octanol–water partition coefficient (Wildman–Crippen LogP) is 2.67. The molecule has 2 aromatic rings. The van der Waals surface area contributed by atoms with Crippen LogP contribution in [-0.2, 0) is 5.60 Å². The molecule has 0 spiro atoms.